The number of amides is 3. The number of hydrogen-bond acceptors (Lipinski definition) is 3. The van der Waals surface area contributed by atoms with Crippen molar-refractivity contribution in [3.63, 3.8) is 0 Å². The Morgan fingerprint density at radius 2 is 2.33 bits per heavy atom. The standard InChI is InChI=1S/C9H13FN2O3.H2/c1-2-11-7(13)3-4-12-8(14)5-6(10)9(12)15;/h6H,2-5H2,1H3,(H,11,13);1H. The first-order chi connectivity index (χ1) is 7.06. The number of carbonyl (C=O) groups excluding carboxylic acids is 3. The van der Waals surface area contributed by atoms with Gasteiger partial charge in [-0.15, -0.1) is 0 Å². The van der Waals surface area contributed by atoms with E-state index in [1.54, 1.807) is 6.92 Å². The maximum absolute atomic E-state index is 12.8. The van der Waals surface area contributed by atoms with Gasteiger partial charge >= 0.3 is 0 Å². The highest BCUT2D eigenvalue weighted by atomic mass is 19.1. The monoisotopic (exact) mass is 218 g/mol. The quantitative estimate of drug-likeness (QED) is 0.668. The zero-order valence-electron chi connectivity index (χ0n) is 8.46. The molecular weight excluding hydrogens is 203 g/mol. The van der Waals surface area contributed by atoms with Crippen LogP contribution in [0, 0.1) is 0 Å². The van der Waals surface area contributed by atoms with Crippen LogP contribution in [-0.4, -0.2) is 41.9 Å². The maximum Gasteiger partial charge on any atom is 0.264 e. The molecule has 0 saturated carbocycles. The van der Waals surface area contributed by atoms with Crippen LogP contribution in [0.25, 0.3) is 0 Å². The minimum Gasteiger partial charge on any atom is -0.356 e. The van der Waals surface area contributed by atoms with Gasteiger partial charge in [0.25, 0.3) is 5.91 Å². The van der Waals surface area contributed by atoms with E-state index in [1.807, 2.05) is 0 Å². The molecule has 6 heteroatoms. The summed E-state index contributed by atoms with van der Waals surface area (Å²) in [6, 6.07) is 0. The van der Waals surface area contributed by atoms with Gasteiger partial charge in [0, 0.05) is 20.9 Å². The second kappa shape index (κ2) is 4.86. The number of nitrogens with one attached hydrogen (secondary N) is 1. The van der Waals surface area contributed by atoms with Gasteiger partial charge in [-0.1, -0.05) is 0 Å². The molecule has 0 aromatic rings. The van der Waals surface area contributed by atoms with Crippen LogP contribution < -0.4 is 5.32 Å². The molecule has 86 valence electrons. The van der Waals surface area contributed by atoms with Crippen LogP contribution in [0.5, 0.6) is 0 Å². The molecule has 1 unspecified atom stereocenters. The van der Waals surface area contributed by atoms with E-state index < -0.39 is 24.4 Å². The van der Waals surface area contributed by atoms with Gasteiger partial charge in [-0.2, -0.15) is 0 Å². The molecule has 1 saturated heterocycles. The molecule has 1 N–H and O–H groups in total. The summed E-state index contributed by atoms with van der Waals surface area (Å²) in [6.45, 7) is 2.22. The van der Waals surface area contributed by atoms with Crippen LogP contribution in [0.1, 0.15) is 21.2 Å². The lowest BCUT2D eigenvalue weighted by atomic mass is 10.3. The van der Waals surface area contributed by atoms with E-state index in [2.05, 4.69) is 5.32 Å². The van der Waals surface area contributed by atoms with E-state index in [4.69, 9.17) is 0 Å². The molecule has 0 aliphatic carbocycles. The van der Waals surface area contributed by atoms with Gasteiger partial charge in [-0.25, -0.2) is 4.39 Å². The number of rotatable bonds is 4. The molecule has 5 nitrogen and oxygen atoms in total. The van der Waals surface area contributed by atoms with Gasteiger partial charge in [-0.05, 0) is 6.92 Å². The minimum atomic E-state index is -1.73. The third kappa shape index (κ3) is 2.74. The molecule has 0 spiro atoms. The van der Waals surface area contributed by atoms with Crippen molar-refractivity contribution in [2.75, 3.05) is 13.1 Å². The molecule has 1 aliphatic heterocycles. The van der Waals surface area contributed by atoms with Gasteiger partial charge in [-0.3, -0.25) is 19.3 Å². The Morgan fingerprint density at radius 3 is 2.80 bits per heavy atom. The number of imide groups is 1. The first-order valence-electron chi connectivity index (χ1n) is 4.81. The summed E-state index contributed by atoms with van der Waals surface area (Å²) in [5.41, 5.74) is 0. The van der Waals surface area contributed by atoms with E-state index in [0.717, 1.165) is 4.90 Å². The molecule has 1 atom stereocenters. The molecule has 0 bridgehead atoms. The summed E-state index contributed by atoms with van der Waals surface area (Å²) in [5.74, 6) is -1.62. The second-order valence-corrected chi connectivity index (χ2v) is 3.26. The van der Waals surface area contributed by atoms with Gasteiger partial charge in [0.1, 0.15) is 0 Å². The molecule has 0 radical (unpaired) electrons. The first-order valence-corrected chi connectivity index (χ1v) is 4.81. The smallest absolute Gasteiger partial charge is 0.264 e. The van der Waals surface area contributed by atoms with Crippen LogP contribution in [-0.2, 0) is 14.4 Å². The highest BCUT2D eigenvalue weighted by Crippen LogP contribution is 2.15. The van der Waals surface area contributed by atoms with Crippen molar-refractivity contribution in [3.8, 4) is 0 Å². The van der Waals surface area contributed by atoms with Crippen LogP contribution in [0.15, 0.2) is 0 Å². The largest absolute Gasteiger partial charge is 0.356 e. The minimum absolute atomic E-state index is 0. The number of alkyl halides is 1. The summed E-state index contributed by atoms with van der Waals surface area (Å²) < 4.78 is 12.8. The molecule has 15 heavy (non-hydrogen) atoms. The number of likely N-dealkylation sites (tertiary alicyclic amines) is 1. The zero-order valence-corrected chi connectivity index (χ0v) is 8.46. The van der Waals surface area contributed by atoms with Crippen molar-refractivity contribution in [2.24, 2.45) is 0 Å². The average Bonchev–Trinajstić information content (AvgIpc) is 2.40. The molecule has 0 aromatic heterocycles. The second-order valence-electron chi connectivity index (χ2n) is 3.26. The van der Waals surface area contributed by atoms with E-state index >= 15 is 0 Å². The van der Waals surface area contributed by atoms with E-state index in [9.17, 15) is 18.8 Å². The van der Waals surface area contributed by atoms with Crippen molar-refractivity contribution in [3.05, 3.63) is 0 Å². The zero-order chi connectivity index (χ0) is 11.4. The van der Waals surface area contributed by atoms with Gasteiger partial charge in [0.2, 0.25) is 11.8 Å². The summed E-state index contributed by atoms with van der Waals surface area (Å²) in [4.78, 5) is 34.0. The molecule has 1 aliphatic rings. The maximum atomic E-state index is 12.8. The number of hydrogen-bond donors (Lipinski definition) is 1. The highest BCUT2D eigenvalue weighted by Gasteiger charge is 2.38. The Balaban J connectivity index is 0.00000225. The molecular formula is C9H15FN2O3. The summed E-state index contributed by atoms with van der Waals surface area (Å²) in [6.07, 6.45) is -2.10. The van der Waals surface area contributed by atoms with E-state index in [0.29, 0.717) is 6.54 Å². The lowest BCUT2D eigenvalue weighted by Crippen LogP contribution is -2.35. The molecule has 3 amide bonds. The highest BCUT2D eigenvalue weighted by molar-refractivity contribution is 6.05. The summed E-state index contributed by atoms with van der Waals surface area (Å²) in [7, 11) is 0. The number of carbonyl (C=O) groups is 3. The Kier molecular flexibility index (Phi) is 3.76. The molecule has 0 aromatic carbocycles. The fourth-order valence-electron chi connectivity index (χ4n) is 1.38. The predicted molar refractivity (Wildman–Crippen MR) is 51.6 cm³/mol. The van der Waals surface area contributed by atoms with Crippen molar-refractivity contribution in [1.29, 1.82) is 0 Å². The summed E-state index contributed by atoms with van der Waals surface area (Å²) in [5, 5.41) is 2.53. The lowest BCUT2D eigenvalue weighted by molar-refractivity contribution is -0.139. The van der Waals surface area contributed by atoms with Crippen LogP contribution in [0.2, 0.25) is 0 Å². The average molecular weight is 218 g/mol. The normalized spacial score (nSPS) is 20.9. The fourth-order valence-corrected chi connectivity index (χ4v) is 1.38. The Labute approximate surface area is 88.1 Å². The molecule has 1 rings (SSSR count). The van der Waals surface area contributed by atoms with Crippen LogP contribution >= 0.6 is 0 Å². The summed E-state index contributed by atoms with van der Waals surface area (Å²) >= 11 is 0. The lowest BCUT2D eigenvalue weighted by Gasteiger charge is -2.12. The SMILES string of the molecule is CCNC(=O)CCN1C(=O)CC(F)C1=O.[HH]. The van der Waals surface area contributed by atoms with Gasteiger partial charge in [0.05, 0.1) is 6.42 Å². The third-order valence-electron chi connectivity index (χ3n) is 2.13. The predicted octanol–water partition coefficient (Wildman–Crippen LogP) is -0.144. The third-order valence-corrected chi connectivity index (χ3v) is 2.13. The van der Waals surface area contributed by atoms with Crippen molar-refractivity contribution in [2.45, 2.75) is 25.9 Å². The Morgan fingerprint density at radius 1 is 1.67 bits per heavy atom. The van der Waals surface area contributed by atoms with Gasteiger partial charge < -0.3 is 5.32 Å². The van der Waals surface area contributed by atoms with Crippen LogP contribution in [0.4, 0.5) is 4.39 Å². The number of halogens is 1. The fraction of sp³-hybridized carbons (Fsp3) is 0.667. The molecule has 1 heterocycles. The van der Waals surface area contributed by atoms with E-state index in [1.165, 1.54) is 0 Å². The topological polar surface area (TPSA) is 66.5 Å². The van der Waals surface area contributed by atoms with Crippen molar-refractivity contribution >= 4 is 17.7 Å². The molecule has 1 fully saturated rings. The Hall–Kier alpha value is -1.46. The Bertz CT molecular complexity index is 298. The van der Waals surface area contributed by atoms with Crippen molar-refractivity contribution < 1.29 is 20.2 Å². The van der Waals surface area contributed by atoms with E-state index in [-0.39, 0.29) is 20.3 Å². The van der Waals surface area contributed by atoms with Crippen LogP contribution in [0.3, 0.4) is 0 Å². The van der Waals surface area contributed by atoms with Gasteiger partial charge in [0.15, 0.2) is 6.17 Å². The first kappa shape index (κ1) is 11.6. The van der Waals surface area contributed by atoms with Crippen molar-refractivity contribution in [1.82, 2.24) is 10.2 Å². The number of nitrogens with zero attached hydrogens (tertiary/aromatic N) is 1.